The average Bonchev–Trinajstić information content (AvgIpc) is 2.04. The van der Waals surface area contributed by atoms with Gasteiger partial charge < -0.3 is 4.74 Å². The van der Waals surface area contributed by atoms with Crippen molar-refractivity contribution in [2.75, 3.05) is 7.11 Å². The Hall–Kier alpha value is -0.730. The fraction of sp³-hybridized carbons (Fsp3) is 0.250. The molecule has 0 saturated heterocycles. The van der Waals surface area contributed by atoms with E-state index in [1.165, 1.54) is 0 Å². The molecule has 0 aliphatic rings. The Balaban J connectivity index is 2.99. The molecule has 0 fully saturated rings. The monoisotopic (exact) mass is 170 g/mol. The van der Waals surface area contributed by atoms with E-state index in [9.17, 15) is 0 Å². The molecule has 0 aliphatic heterocycles. The van der Waals surface area contributed by atoms with Crippen LogP contribution in [0.5, 0.6) is 5.75 Å². The van der Waals surface area contributed by atoms with E-state index >= 15 is 0 Å². The Labute approximate surface area is 70.9 Å². The lowest BCUT2D eigenvalue weighted by molar-refractivity contribution is 0.415. The number of rotatable bonds is 2. The minimum absolute atomic E-state index is 0.254. The van der Waals surface area contributed by atoms with Crippen molar-refractivity contribution in [1.29, 1.82) is 0 Å². The van der Waals surface area contributed by atoms with Crippen molar-refractivity contribution in [2.24, 2.45) is 0 Å². The molecule has 2 nitrogen and oxygen atoms in total. The van der Waals surface area contributed by atoms with Gasteiger partial charge in [-0.1, -0.05) is 17.7 Å². The van der Waals surface area contributed by atoms with Crippen LogP contribution >= 0.6 is 11.6 Å². The van der Waals surface area contributed by atoms with E-state index in [2.05, 4.69) is 0 Å². The van der Waals surface area contributed by atoms with Crippen LogP contribution in [0.25, 0.3) is 0 Å². The highest BCUT2D eigenvalue weighted by Crippen LogP contribution is 2.24. The Morgan fingerprint density at radius 3 is 2.73 bits per heavy atom. The second-order valence-corrected chi connectivity index (χ2v) is 2.55. The van der Waals surface area contributed by atoms with E-state index in [1.807, 2.05) is 6.07 Å². The van der Waals surface area contributed by atoms with Crippen LogP contribution in [0.4, 0.5) is 0 Å². The summed E-state index contributed by atoms with van der Waals surface area (Å²) in [6.45, 7) is 0.254. The highest BCUT2D eigenvalue weighted by atomic mass is 35.5. The third-order valence-electron chi connectivity index (χ3n) is 1.42. The maximum absolute atomic E-state index is 7.07. The van der Waals surface area contributed by atoms with Crippen molar-refractivity contribution in [3.05, 3.63) is 28.8 Å². The second kappa shape index (κ2) is 3.60. The van der Waals surface area contributed by atoms with Crippen molar-refractivity contribution in [3.8, 4) is 5.75 Å². The van der Waals surface area contributed by atoms with Crippen molar-refractivity contribution in [3.63, 3.8) is 0 Å². The zero-order chi connectivity index (χ0) is 8.27. The van der Waals surface area contributed by atoms with Gasteiger partial charge in [-0.05, 0) is 17.7 Å². The Morgan fingerprint density at radius 1 is 1.55 bits per heavy atom. The number of hydrogen-bond donors (Lipinski definition) is 0. The Morgan fingerprint density at radius 2 is 2.27 bits per heavy atom. The first-order valence-corrected chi connectivity index (χ1v) is 3.62. The van der Waals surface area contributed by atoms with Gasteiger partial charge in [-0.2, -0.15) is 0 Å². The van der Waals surface area contributed by atoms with E-state index in [4.69, 9.17) is 22.1 Å². The van der Waals surface area contributed by atoms with E-state index in [0.29, 0.717) is 10.8 Å². The molecular formula is C8H9ClNO. The molecule has 1 radical (unpaired) electrons. The van der Waals surface area contributed by atoms with Gasteiger partial charge in [-0.25, -0.2) is 0 Å². The van der Waals surface area contributed by atoms with Crippen molar-refractivity contribution in [2.45, 2.75) is 6.54 Å². The second-order valence-electron chi connectivity index (χ2n) is 2.15. The molecule has 1 aromatic rings. The molecule has 59 valence electrons. The number of nitrogens with one attached hydrogen (secondary N) is 1. The fourth-order valence-corrected chi connectivity index (χ4v) is 1.10. The number of methoxy groups -OCH3 is 1. The van der Waals surface area contributed by atoms with Crippen molar-refractivity contribution in [1.82, 2.24) is 5.73 Å². The van der Waals surface area contributed by atoms with Gasteiger partial charge in [0.15, 0.2) is 0 Å². The SMILES string of the molecule is COc1ccc(C[NH])cc1Cl. The van der Waals surface area contributed by atoms with Crippen LogP contribution in [0.2, 0.25) is 5.02 Å². The molecule has 1 rings (SSSR count). The largest absolute Gasteiger partial charge is 0.495 e. The number of benzene rings is 1. The molecule has 3 heteroatoms. The molecule has 0 unspecified atom stereocenters. The smallest absolute Gasteiger partial charge is 0.137 e. The third-order valence-corrected chi connectivity index (χ3v) is 1.72. The summed E-state index contributed by atoms with van der Waals surface area (Å²) in [7, 11) is 1.57. The van der Waals surface area contributed by atoms with E-state index in [-0.39, 0.29) is 6.54 Å². The molecule has 0 aliphatic carbocycles. The van der Waals surface area contributed by atoms with E-state index < -0.39 is 0 Å². The van der Waals surface area contributed by atoms with Gasteiger partial charge in [0.2, 0.25) is 0 Å². The number of halogens is 1. The first kappa shape index (κ1) is 8.37. The van der Waals surface area contributed by atoms with Gasteiger partial charge >= 0.3 is 0 Å². The number of hydrogen-bond acceptors (Lipinski definition) is 1. The topological polar surface area (TPSA) is 33.0 Å². The van der Waals surface area contributed by atoms with Crippen LogP contribution < -0.4 is 10.5 Å². The van der Waals surface area contributed by atoms with Gasteiger partial charge in [0.1, 0.15) is 5.75 Å². The molecule has 0 amide bonds. The summed E-state index contributed by atoms with van der Waals surface area (Å²) in [5, 5.41) is 0.567. The van der Waals surface area contributed by atoms with Gasteiger partial charge in [-0.3, -0.25) is 5.73 Å². The quantitative estimate of drug-likeness (QED) is 0.670. The molecule has 0 saturated carbocycles. The van der Waals surface area contributed by atoms with Gasteiger partial charge in [0.05, 0.1) is 12.1 Å². The Bertz CT molecular complexity index is 250. The highest BCUT2D eigenvalue weighted by Gasteiger charge is 1.99. The first-order valence-electron chi connectivity index (χ1n) is 3.25. The summed E-state index contributed by atoms with van der Waals surface area (Å²) < 4.78 is 4.95. The minimum atomic E-state index is 0.254. The van der Waals surface area contributed by atoms with Crippen LogP contribution in [-0.4, -0.2) is 7.11 Å². The third kappa shape index (κ3) is 1.85. The fourth-order valence-electron chi connectivity index (χ4n) is 0.820. The van der Waals surface area contributed by atoms with Crippen LogP contribution in [0.15, 0.2) is 18.2 Å². The summed E-state index contributed by atoms with van der Waals surface area (Å²) in [5.41, 5.74) is 7.97. The average molecular weight is 171 g/mol. The van der Waals surface area contributed by atoms with Gasteiger partial charge in [0, 0.05) is 6.54 Å². The predicted octanol–water partition coefficient (Wildman–Crippen LogP) is 2.13. The molecule has 11 heavy (non-hydrogen) atoms. The molecular weight excluding hydrogens is 162 g/mol. The minimum Gasteiger partial charge on any atom is -0.495 e. The van der Waals surface area contributed by atoms with Crippen LogP contribution in [0, 0.1) is 0 Å². The molecule has 1 aromatic carbocycles. The van der Waals surface area contributed by atoms with E-state index in [0.717, 1.165) is 5.56 Å². The lowest BCUT2D eigenvalue weighted by atomic mass is 10.2. The summed E-state index contributed by atoms with van der Waals surface area (Å²) in [4.78, 5) is 0. The summed E-state index contributed by atoms with van der Waals surface area (Å²) >= 11 is 5.80. The summed E-state index contributed by atoms with van der Waals surface area (Å²) in [6, 6.07) is 5.34. The summed E-state index contributed by atoms with van der Waals surface area (Å²) in [5.74, 6) is 0.656. The predicted molar refractivity (Wildman–Crippen MR) is 44.8 cm³/mol. The molecule has 0 bridgehead atoms. The van der Waals surface area contributed by atoms with Crippen LogP contribution in [0.3, 0.4) is 0 Å². The molecule has 0 heterocycles. The van der Waals surface area contributed by atoms with Crippen molar-refractivity contribution >= 4 is 11.6 Å². The molecule has 0 aromatic heterocycles. The van der Waals surface area contributed by atoms with Crippen molar-refractivity contribution < 1.29 is 4.74 Å². The summed E-state index contributed by atoms with van der Waals surface area (Å²) in [6.07, 6.45) is 0. The molecule has 1 N–H and O–H groups in total. The normalized spacial score (nSPS) is 9.73. The van der Waals surface area contributed by atoms with Gasteiger partial charge in [0.25, 0.3) is 0 Å². The van der Waals surface area contributed by atoms with Gasteiger partial charge in [-0.15, -0.1) is 0 Å². The lowest BCUT2D eigenvalue weighted by Gasteiger charge is -2.03. The van der Waals surface area contributed by atoms with Crippen LogP contribution in [0.1, 0.15) is 5.56 Å². The first-order chi connectivity index (χ1) is 5.27. The highest BCUT2D eigenvalue weighted by molar-refractivity contribution is 6.32. The Kier molecular flexibility index (Phi) is 2.74. The zero-order valence-corrected chi connectivity index (χ0v) is 6.98. The maximum atomic E-state index is 7.07. The van der Waals surface area contributed by atoms with E-state index in [1.54, 1.807) is 19.2 Å². The zero-order valence-electron chi connectivity index (χ0n) is 6.23. The lowest BCUT2D eigenvalue weighted by Crippen LogP contribution is -1.87. The molecule has 0 spiro atoms. The number of ether oxygens (including phenoxy) is 1. The maximum Gasteiger partial charge on any atom is 0.137 e. The molecule has 0 atom stereocenters. The standard InChI is InChI=1S/C8H9ClNO/c1-11-8-3-2-6(5-10)4-7(8)9/h2-4,10H,5H2,1H3. The van der Waals surface area contributed by atoms with Crippen LogP contribution in [-0.2, 0) is 6.54 Å².